The number of aromatic amines is 1. The molecule has 2 rings (SSSR count). The van der Waals surface area contributed by atoms with Crippen LogP contribution in [0.5, 0.6) is 0 Å². The Balaban J connectivity index is 2.85. The zero-order valence-electron chi connectivity index (χ0n) is 6.57. The first-order valence-electron chi connectivity index (χ1n) is 3.46. The Morgan fingerprint density at radius 1 is 1.23 bits per heavy atom. The molecule has 0 aliphatic heterocycles. The van der Waals surface area contributed by atoms with E-state index in [1.807, 2.05) is 0 Å². The third kappa shape index (κ3) is 0.999. The highest BCUT2D eigenvalue weighted by Gasteiger charge is 2.10. The lowest BCUT2D eigenvalue weighted by molar-refractivity contribution is 1.10. The van der Waals surface area contributed by atoms with Gasteiger partial charge in [0, 0.05) is 0 Å². The van der Waals surface area contributed by atoms with Crippen LogP contribution in [0, 0.1) is 0 Å². The third-order valence-electron chi connectivity index (χ3n) is 1.60. The van der Waals surface area contributed by atoms with Gasteiger partial charge in [0.05, 0.1) is 0 Å². The van der Waals surface area contributed by atoms with Gasteiger partial charge in [-0.15, -0.1) is 0 Å². The van der Waals surface area contributed by atoms with E-state index in [1.165, 1.54) is 0 Å². The summed E-state index contributed by atoms with van der Waals surface area (Å²) in [5, 5.41) is 6.90. The van der Waals surface area contributed by atoms with Crippen LogP contribution in [0.25, 0.3) is 11.0 Å². The number of nitrogen functional groups attached to an aromatic ring is 3. The second kappa shape index (κ2) is 2.45. The molecule has 0 spiro atoms. The molecule has 0 amide bonds. The fourth-order valence-electron chi connectivity index (χ4n) is 1.07. The predicted molar refractivity (Wildman–Crippen MR) is 48.3 cm³/mol. The van der Waals surface area contributed by atoms with E-state index in [0.29, 0.717) is 22.7 Å². The minimum atomic E-state index is 0.0898. The number of rotatable bonds is 1. The van der Waals surface area contributed by atoms with E-state index in [0.717, 1.165) is 0 Å². The Kier molecular flexibility index (Phi) is 1.43. The van der Waals surface area contributed by atoms with Crippen LogP contribution in [-0.2, 0) is 0 Å². The van der Waals surface area contributed by atoms with Gasteiger partial charge >= 0.3 is 0 Å². The van der Waals surface area contributed by atoms with Crippen LogP contribution in [-0.4, -0.2) is 20.2 Å². The molecule has 0 unspecified atom stereocenters. The average Bonchev–Trinajstić information content (AvgIpc) is 2.46. The summed E-state index contributed by atoms with van der Waals surface area (Å²) in [5.41, 5.74) is 13.7. The minimum absolute atomic E-state index is 0.0898. The quantitative estimate of drug-likeness (QED) is 0.274. The lowest BCUT2D eigenvalue weighted by atomic mass is 10.4. The molecule has 0 aromatic carbocycles. The van der Waals surface area contributed by atoms with Gasteiger partial charge in [0.15, 0.2) is 11.5 Å². The van der Waals surface area contributed by atoms with E-state index in [4.69, 9.17) is 17.3 Å². The van der Waals surface area contributed by atoms with Gasteiger partial charge < -0.3 is 16.9 Å². The van der Waals surface area contributed by atoms with E-state index < -0.39 is 0 Å². The van der Waals surface area contributed by atoms with E-state index in [-0.39, 0.29) is 5.95 Å². The molecule has 0 aliphatic carbocycles. The van der Waals surface area contributed by atoms with Crippen molar-refractivity contribution in [1.29, 1.82) is 0 Å². The van der Waals surface area contributed by atoms with Crippen molar-refractivity contribution in [3.63, 3.8) is 0 Å². The number of hydrazine groups is 1. The normalized spacial score (nSPS) is 10.5. The molecule has 0 saturated heterocycles. The number of fused-ring (bicyclic) bond motifs is 1. The standard InChI is InChI=1S/C5H8N8/c6-2-1-3(11-8)9-5(7)10-4(1)13-12-2/h8H2,(H6,6,7,9,10,11,12,13). The second-order valence-corrected chi connectivity index (χ2v) is 2.41. The number of hydrogen-bond acceptors (Lipinski definition) is 7. The second-order valence-electron chi connectivity index (χ2n) is 2.41. The molecule has 8 nitrogen and oxygen atoms in total. The number of H-pyrrole nitrogens is 1. The van der Waals surface area contributed by atoms with Crippen molar-refractivity contribution in [2.45, 2.75) is 0 Å². The Labute approximate surface area is 72.5 Å². The van der Waals surface area contributed by atoms with Gasteiger partial charge in [-0.2, -0.15) is 15.1 Å². The highest BCUT2D eigenvalue weighted by atomic mass is 15.3. The van der Waals surface area contributed by atoms with Crippen LogP contribution in [0.1, 0.15) is 0 Å². The molecule has 8 heteroatoms. The van der Waals surface area contributed by atoms with Crippen molar-refractivity contribution in [1.82, 2.24) is 20.2 Å². The lowest BCUT2D eigenvalue weighted by Crippen LogP contribution is -2.11. The van der Waals surface area contributed by atoms with Crippen molar-refractivity contribution >= 4 is 28.6 Å². The van der Waals surface area contributed by atoms with E-state index >= 15 is 0 Å². The van der Waals surface area contributed by atoms with Gasteiger partial charge in [0.25, 0.3) is 0 Å². The summed E-state index contributed by atoms with van der Waals surface area (Å²) in [4.78, 5) is 7.70. The highest BCUT2D eigenvalue weighted by molar-refractivity contribution is 5.95. The summed E-state index contributed by atoms with van der Waals surface area (Å²) in [5.74, 6) is 6.01. The maximum absolute atomic E-state index is 5.57. The zero-order valence-corrected chi connectivity index (χ0v) is 6.57. The molecule has 2 heterocycles. The van der Waals surface area contributed by atoms with Crippen molar-refractivity contribution in [2.24, 2.45) is 5.84 Å². The molecular weight excluding hydrogens is 172 g/mol. The molecule has 0 aliphatic rings. The van der Waals surface area contributed by atoms with Crippen LogP contribution in [0.15, 0.2) is 0 Å². The Morgan fingerprint density at radius 2 is 2.00 bits per heavy atom. The van der Waals surface area contributed by atoms with Gasteiger partial charge in [-0.05, 0) is 0 Å². The molecular formula is C5H8N8. The monoisotopic (exact) mass is 180 g/mol. The van der Waals surface area contributed by atoms with Gasteiger partial charge in [0.2, 0.25) is 5.95 Å². The van der Waals surface area contributed by atoms with Gasteiger partial charge in [0.1, 0.15) is 11.2 Å². The molecule has 13 heavy (non-hydrogen) atoms. The number of nitrogens with zero attached hydrogens (tertiary/aromatic N) is 3. The minimum Gasteiger partial charge on any atom is -0.383 e. The van der Waals surface area contributed by atoms with Gasteiger partial charge in [-0.1, -0.05) is 0 Å². The van der Waals surface area contributed by atoms with Crippen LogP contribution in [0.4, 0.5) is 17.6 Å². The summed E-state index contributed by atoms with van der Waals surface area (Å²) in [6.45, 7) is 0. The third-order valence-corrected chi connectivity index (χ3v) is 1.60. The van der Waals surface area contributed by atoms with Crippen molar-refractivity contribution in [3.05, 3.63) is 0 Å². The average molecular weight is 180 g/mol. The highest BCUT2D eigenvalue weighted by Crippen LogP contribution is 2.23. The molecule has 0 bridgehead atoms. The van der Waals surface area contributed by atoms with Crippen molar-refractivity contribution in [2.75, 3.05) is 16.9 Å². The molecule has 2 aromatic heterocycles. The van der Waals surface area contributed by atoms with Crippen LogP contribution in [0.2, 0.25) is 0 Å². The van der Waals surface area contributed by atoms with Crippen LogP contribution < -0.4 is 22.7 Å². The first kappa shape index (κ1) is 7.55. The lowest BCUT2D eigenvalue weighted by Gasteiger charge is -2.00. The molecule has 0 radical (unpaired) electrons. The van der Waals surface area contributed by atoms with Crippen molar-refractivity contribution < 1.29 is 0 Å². The van der Waals surface area contributed by atoms with E-state index in [9.17, 15) is 0 Å². The summed E-state index contributed by atoms with van der Waals surface area (Å²) in [6.07, 6.45) is 0. The van der Waals surface area contributed by atoms with E-state index in [1.54, 1.807) is 0 Å². The van der Waals surface area contributed by atoms with Crippen molar-refractivity contribution in [3.8, 4) is 0 Å². The maximum atomic E-state index is 5.57. The Morgan fingerprint density at radius 3 is 2.69 bits per heavy atom. The summed E-state index contributed by atoms with van der Waals surface area (Å²) in [6, 6.07) is 0. The zero-order chi connectivity index (χ0) is 9.42. The fourth-order valence-corrected chi connectivity index (χ4v) is 1.07. The molecule has 2 aromatic rings. The topological polar surface area (TPSA) is 145 Å². The molecule has 0 atom stereocenters. The SMILES string of the molecule is NNc1nc(N)nc2n[nH]c(N)c12. The van der Waals surface area contributed by atoms with Gasteiger partial charge in [-0.25, -0.2) is 5.84 Å². The first-order valence-corrected chi connectivity index (χ1v) is 3.46. The fraction of sp³-hybridized carbons (Fsp3) is 0. The molecule has 0 fully saturated rings. The first-order chi connectivity index (χ1) is 6.22. The number of nitrogens with two attached hydrogens (primary N) is 3. The number of hydrogen-bond donors (Lipinski definition) is 5. The largest absolute Gasteiger partial charge is 0.383 e. The number of aromatic nitrogens is 4. The summed E-state index contributed by atoms with van der Waals surface area (Å²) >= 11 is 0. The molecule has 68 valence electrons. The number of nitrogens with one attached hydrogen (secondary N) is 2. The summed E-state index contributed by atoms with van der Waals surface area (Å²) < 4.78 is 0. The Bertz CT molecular complexity index is 445. The molecule has 0 saturated carbocycles. The van der Waals surface area contributed by atoms with E-state index in [2.05, 4.69) is 25.6 Å². The molecule has 8 N–H and O–H groups in total. The maximum Gasteiger partial charge on any atom is 0.224 e. The number of anilines is 3. The van der Waals surface area contributed by atoms with Crippen LogP contribution in [0.3, 0.4) is 0 Å². The van der Waals surface area contributed by atoms with Gasteiger partial charge in [-0.3, -0.25) is 5.10 Å². The smallest absolute Gasteiger partial charge is 0.224 e. The summed E-state index contributed by atoms with van der Waals surface area (Å²) in [7, 11) is 0. The Hall–Kier alpha value is -2.09. The van der Waals surface area contributed by atoms with Crippen LogP contribution >= 0.6 is 0 Å². The predicted octanol–water partition coefficient (Wildman–Crippen LogP) is -1.20.